The topological polar surface area (TPSA) is 55.5 Å². The van der Waals surface area contributed by atoms with E-state index in [4.69, 9.17) is 10.5 Å². The standard InChI is InChI=1S/C14H21NO2/c1-3-17-12-6-4-11(5-7-12)13(2)8-14(13,9-15)10-16/h4-7,16H,3,8-10,15H2,1-2H3. The van der Waals surface area contributed by atoms with E-state index in [1.165, 1.54) is 5.56 Å². The summed E-state index contributed by atoms with van der Waals surface area (Å²) in [6.07, 6.45) is 0.959. The molecule has 0 amide bonds. The highest BCUT2D eigenvalue weighted by Gasteiger charge is 2.63. The summed E-state index contributed by atoms with van der Waals surface area (Å²) in [5, 5.41) is 9.49. The number of nitrogens with two attached hydrogens (primary N) is 1. The molecule has 1 aromatic carbocycles. The van der Waals surface area contributed by atoms with Crippen molar-refractivity contribution in [1.82, 2.24) is 0 Å². The molecule has 1 aliphatic rings. The number of aliphatic hydroxyl groups excluding tert-OH is 1. The molecule has 3 nitrogen and oxygen atoms in total. The molecule has 3 N–H and O–H groups in total. The first-order chi connectivity index (χ1) is 8.12. The van der Waals surface area contributed by atoms with E-state index in [9.17, 15) is 5.11 Å². The maximum atomic E-state index is 9.49. The minimum Gasteiger partial charge on any atom is -0.494 e. The van der Waals surface area contributed by atoms with Crippen molar-refractivity contribution in [2.75, 3.05) is 19.8 Å². The molecule has 2 rings (SSSR count). The van der Waals surface area contributed by atoms with E-state index in [0.717, 1.165) is 12.2 Å². The lowest BCUT2D eigenvalue weighted by Crippen LogP contribution is -2.27. The van der Waals surface area contributed by atoms with E-state index in [0.29, 0.717) is 13.2 Å². The van der Waals surface area contributed by atoms with Crippen LogP contribution in [0.25, 0.3) is 0 Å². The van der Waals surface area contributed by atoms with Crippen molar-refractivity contribution >= 4 is 0 Å². The number of benzene rings is 1. The Morgan fingerprint density at radius 3 is 2.41 bits per heavy atom. The van der Waals surface area contributed by atoms with E-state index in [-0.39, 0.29) is 17.4 Å². The van der Waals surface area contributed by atoms with Gasteiger partial charge in [-0.25, -0.2) is 0 Å². The first kappa shape index (κ1) is 12.4. The zero-order valence-corrected chi connectivity index (χ0v) is 10.6. The third-order valence-corrected chi connectivity index (χ3v) is 4.23. The Labute approximate surface area is 103 Å². The first-order valence-electron chi connectivity index (χ1n) is 6.16. The van der Waals surface area contributed by atoms with E-state index in [1.807, 2.05) is 19.1 Å². The molecule has 1 fully saturated rings. The van der Waals surface area contributed by atoms with Crippen molar-refractivity contribution in [2.45, 2.75) is 25.7 Å². The van der Waals surface area contributed by atoms with E-state index >= 15 is 0 Å². The molecule has 3 heteroatoms. The summed E-state index contributed by atoms with van der Waals surface area (Å²) >= 11 is 0. The second kappa shape index (κ2) is 4.31. The summed E-state index contributed by atoms with van der Waals surface area (Å²) in [5.41, 5.74) is 6.91. The van der Waals surface area contributed by atoms with Crippen LogP contribution in [0.3, 0.4) is 0 Å². The molecule has 0 bridgehead atoms. The van der Waals surface area contributed by atoms with Crippen LogP contribution < -0.4 is 10.5 Å². The SMILES string of the molecule is CCOc1ccc(C2(C)CC2(CN)CO)cc1. The Morgan fingerprint density at radius 2 is 2.00 bits per heavy atom. The molecule has 0 heterocycles. The smallest absolute Gasteiger partial charge is 0.119 e. The lowest BCUT2D eigenvalue weighted by Gasteiger charge is -2.20. The van der Waals surface area contributed by atoms with Crippen LogP contribution >= 0.6 is 0 Å². The first-order valence-corrected chi connectivity index (χ1v) is 6.16. The number of hydrogen-bond acceptors (Lipinski definition) is 3. The Hall–Kier alpha value is -1.06. The van der Waals surface area contributed by atoms with Crippen LogP contribution in [0.4, 0.5) is 0 Å². The lowest BCUT2D eigenvalue weighted by molar-refractivity contribution is 0.198. The molecular formula is C14H21NO2. The van der Waals surface area contributed by atoms with Gasteiger partial charge in [0.05, 0.1) is 13.2 Å². The zero-order valence-electron chi connectivity index (χ0n) is 10.6. The Morgan fingerprint density at radius 1 is 1.35 bits per heavy atom. The fraction of sp³-hybridized carbons (Fsp3) is 0.571. The van der Waals surface area contributed by atoms with E-state index in [1.54, 1.807) is 0 Å². The van der Waals surface area contributed by atoms with Gasteiger partial charge in [0.2, 0.25) is 0 Å². The summed E-state index contributed by atoms with van der Waals surface area (Å²) < 4.78 is 5.42. The molecule has 0 saturated heterocycles. The van der Waals surface area contributed by atoms with Gasteiger partial charge in [-0.15, -0.1) is 0 Å². The molecule has 0 aromatic heterocycles. The minimum absolute atomic E-state index is 0.0151. The lowest BCUT2D eigenvalue weighted by atomic mass is 9.88. The monoisotopic (exact) mass is 235 g/mol. The molecule has 0 spiro atoms. The highest BCUT2D eigenvalue weighted by molar-refractivity contribution is 5.40. The summed E-state index contributed by atoms with van der Waals surface area (Å²) in [4.78, 5) is 0. The Balaban J connectivity index is 2.19. The van der Waals surface area contributed by atoms with Gasteiger partial charge in [-0.1, -0.05) is 19.1 Å². The molecule has 2 unspecified atom stereocenters. The fourth-order valence-electron chi connectivity index (χ4n) is 2.72. The van der Waals surface area contributed by atoms with Gasteiger partial charge in [-0.2, -0.15) is 0 Å². The third-order valence-electron chi connectivity index (χ3n) is 4.23. The molecule has 2 atom stereocenters. The summed E-state index contributed by atoms with van der Waals surface area (Å²) in [6.45, 7) is 5.52. The quantitative estimate of drug-likeness (QED) is 0.816. The molecule has 1 aliphatic carbocycles. The van der Waals surface area contributed by atoms with Gasteiger partial charge in [0, 0.05) is 17.4 Å². The summed E-state index contributed by atoms with van der Waals surface area (Å²) in [7, 11) is 0. The van der Waals surface area contributed by atoms with Crippen molar-refractivity contribution < 1.29 is 9.84 Å². The van der Waals surface area contributed by atoms with Gasteiger partial charge >= 0.3 is 0 Å². The maximum absolute atomic E-state index is 9.49. The molecule has 1 saturated carbocycles. The van der Waals surface area contributed by atoms with Gasteiger partial charge in [0.15, 0.2) is 0 Å². The van der Waals surface area contributed by atoms with Crippen molar-refractivity contribution in [3.63, 3.8) is 0 Å². The highest BCUT2D eigenvalue weighted by Crippen LogP contribution is 2.63. The second-order valence-electron chi connectivity index (χ2n) is 5.11. The van der Waals surface area contributed by atoms with Crippen LogP contribution in [0.5, 0.6) is 5.75 Å². The van der Waals surface area contributed by atoms with E-state index < -0.39 is 0 Å². The van der Waals surface area contributed by atoms with Crippen LogP contribution in [-0.4, -0.2) is 24.9 Å². The number of ether oxygens (including phenoxy) is 1. The van der Waals surface area contributed by atoms with Crippen molar-refractivity contribution in [1.29, 1.82) is 0 Å². The largest absolute Gasteiger partial charge is 0.494 e. The normalized spacial score (nSPS) is 31.3. The predicted octanol–water partition coefficient (Wildman–Crippen LogP) is 1.68. The van der Waals surface area contributed by atoms with E-state index in [2.05, 4.69) is 19.1 Å². The van der Waals surface area contributed by atoms with Crippen LogP contribution in [0.1, 0.15) is 25.8 Å². The molecule has 0 radical (unpaired) electrons. The minimum atomic E-state index is -0.125. The molecule has 0 aliphatic heterocycles. The summed E-state index contributed by atoms with van der Waals surface area (Å²) in [6, 6.07) is 8.14. The van der Waals surface area contributed by atoms with Crippen LogP contribution in [0.2, 0.25) is 0 Å². The fourth-order valence-corrected chi connectivity index (χ4v) is 2.72. The average Bonchev–Trinajstić information content (AvgIpc) is 2.98. The molecule has 17 heavy (non-hydrogen) atoms. The summed E-state index contributed by atoms with van der Waals surface area (Å²) in [5.74, 6) is 0.892. The zero-order chi connectivity index (χ0) is 12.5. The van der Waals surface area contributed by atoms with Gasteiger partial charge in [0.25, 0.3) is 0 Å². The van der Waals surface area contributed by atoms with Crippen LogP contribution in [0, 0.1) is 5.41 Å². The number of hydrogen-bond donors (Lipinski definition) is 2. The predicted molar refractivity (Wildman–Crippen MR) is 68.2 cm³/mol. The van der Waals surface area contributed by atoms with Crippen molar-refractivity contribution in [3.8, 4) is 5.75 Å². The van der Waals surface area contributed by atoms with Gasteiger partial charge in [0.1, 0.15) is 5.75 Å². The molecule has 1 aromatic rings. The maximum Gasteiger partial charge on any atom is 0.119 e. The second-order valence-corrected chi connectivity index (χ2v) is 5.11. The van der Waals surface area contributed by atoms with Gasteiger partial charge in [-0.05, 0) is 31.0 Å². The number of aliphatic hydroxyl groups is 1. The van der Waals surface area contributed by atoms with Crippen LogP contribution in [0.15, 0.2) is 24.3 Å². The Kier molecular flexibility index (Phi) is 3.15. The van der Waals surface area contributed by atoms with Gasteiger partial charge in [-0.3, -0.25) is 0 Å². The van der Waals surface area contributed by atoms with Crippen LogP contribution in [-0.2, 0) is 5.41 Å². The van der Waals surface area contributed by atoms with Crippen molar-refractivity contribution in [3.05, 3.63) is 29.8 Å². The Bertz CT molecular complexity index is 384. The molecule has 94 valence electrons. The van der Waals surface area contributed by atoms with Crippen molar-refractivity contribution in [2.24, 2.45) is 11.1 Å². The highest BCUT2D eigenvalue weighted by atomic mass is 16.5. The number of rotatable bonds is 5. The van der Waals surface area contributed by atoms with Gasteiger partial charge < -0.3 is 15.6 Å². The average molecular weight is 235 g/mol. The molecular weight excluding hydrogens is 214 g/mol. The third kappa shape index (κ3) is 1.83.